The number of halogens is 2. The fourth-order valence-electron chi connectivity index (χ4n) is 3.04. The van der Waals surface area contributed by atoms with Gasteiger partial charge < -0.3 is 9.72 Å². The summed E-state index contributed by atoms with van der Waals surface area (Å²) in [5.41, 5.74) is 1.87. The van der Waals surface area contributed by atoms with Crippen molar-refractivity contribution < 1.29 is 21.9 Å². The SMILES string of the molecule is COc1ccc(-c2cc3cc(F)c(F)cc3[nH]2)cc1NS(=O)(=O)c1ccccc1. The third-order valence-corrected chi connectivity index (χ3v) is 5.85. The van der Waals surface area contributed by atoms with E-state index in [-0.39, 0.29) is 10.6 Å². The number of anilines is 1. The standard InChI is InChI=1S/C21H16F2N2O3S/c1-28-21-8-7-13(18-11-14-9-16(22)17(23)12-19(14)24-18)10-20(21)25-29(26,27)15-5-3-2-4-6-15/h2-12,24-25H,1H3. The zero-order valence-electron chi connectivity index (χ0n) is 15.2. The minimum Gasteiger partial charge on any atom is -0.495 e. The van der Waals surface area contributed by atoms with Gasteiger partial charge in [-0.15, -0.1) is 0 Å². The van der Waals surface area contributed by atoms with E-state index in [1.807, 2.05) is 0 Å². The Bertz CT molecular complexity index is 1260. The maximum absolute atomic E-state index is 13.5. The molecule has 1 heterocycles. The van der Waals surface area contributed by atoms with E-state index in [1.54, 1.807) is 42.5 Å². The molecule has 0 atom stereocenters. The molecule has 0 aliphatic heterocycles. The maximum Gasteiger partial charge on any atom is 0.262 e. The topological polar surface area (TPSA) is 71.2 Å². The normalized spacial score (nSPS) is 11.6. The number of aromatic amines is 1. The van der Waals surface area contributed by atoms with Crippen molar-refractivity contribution in [3.8, 4) is 17.0 Å². The van der Waals surface area contributed by atoms with Gasteiger partial charge in [0.25, 0.3) is 10.0 Å². The summed E-state index contributed by atoms with van der Waals surface area (Å²) in [7, 11) is -2.39. The lowest BCUT2D eigenvalue weighted by Crippen LogP contribution is -2.13. The molecule has 4 rings (SSSR count). The molecule has 0 fully saturated rings. The van der Waals surface area contributed by atoms with Crippen LogP contribution in [-0.4, -0.2) is 20.5 Å². The summed E-state index contributed by atoms with van der Waals surface area (Å²) < 4.78 is 60.1. The molecular formula is C21H16F2N2O3S. The fraction of sp³-hybridized carbons (Fsp3) is 0.0476. The summed E-state index contributed by atoms with van der Waals surface area (Å²) in [5, 5.41) is 0.501. The Labute approximate surface area is 166 Å². The first-order chi connectivity index (χ1) is 13.9. The lowest BCUT2D eigenvalue weighted by Gasteiger charge is -2.13. The van der Waals surface area contributed by atoms with Crippen molar-refractivity contribution in [1.29, 1.82) is 0 Å². The van der Waals surface area contributed by atoms with Gasteiger partial charge in [0.15, 0.2) is 11.6 Å². The summed E-state index contributed by atoms with van der Waals surface area (Å²) in [6, 6.07) is 16.7. The largest absolute Gasteiger partial charge is 0.495 e. The highest BCUT2D eigenvalue weighted by Gasteiger charge is 2.17. The number of H-pyrrole nitrogens is 1. The number of benzene rings is 3. The molecule has 0 saturated heterocycles. The lowest BCUT2D eigenvalue weighted by molar-refractivity contribution is 0.417. The molecule has 0 bridgehead atoms. The molecule has 29 heavy (non-hydrogen) atoms. The molecule has 0 amide bonds. The van der Waals surface area contributed by atoms with Gasteiger partial charge in [0.1, 0.15) is 5.75 Å². The molecule has 1 aromatic heterocycles. The van der Waals surface area contributed by atoms with Gasteiger partial charge in [-0.3, -0.25) is 4.72 Å². The number of hydrogen-bond donors (Lipinski definition) is 2. The third-order valence-electron chi connectivity index (χ3n) is 4.47. The number of hydrogen-bond acceptors (Lipinski definition) is 3. The van der Waals surface area contributed by atoms with E-state index in [2.05, 4.69) is 9.71 Å². The van der Waals surface area contributed by atoms with Crippen LogP contribution in [0.5, 0.6) is 5.75 Å². The monoisotopic (exact) mass is 414 g/mol. The average Bonchev–Trinajstić information content (AvgIpc) is 3.11. The molecule has 0 spiro atoms. The highest BCUT2D eigenvalue weighted by atomic mass is 32.2. The zero-order valence-corrected chi connectivity index (χ0v) is 16.1. The second-order valence-corrected chi connectivity index (χ2v) is 8.05. The van der Waals surface area contributed by atoms with Gasteiger partial charge in [-0.1, -0.05) is 18.2 Å². The Kier molecular flexibility index (Phi) is 4.71. The van der Waals surface area contributed by atoms with Crippen molar-refractivity contribution in [1.82, 2.24) is 4.98 Å². The van der Waals surface area contributed by atoms with E-state index in [4.69, 9.17) is 4.74 Å². The maximum atomic E-state index is 13.5. The zero-order chi connectivity index (χ0) is 20.6. The number of ether oxygens (including phenoxy) is 1. The summed E-state index contributed by atoms with van der Waals surface area (Å²) >= 11 is 0. The molecular weight excluding hydrogens is 398 g/mol. The van der Waals surface area contributed by atoms with E-state index in [0.717, 1.165) is 12.1 Å². The van der Waals surface area contributed by atoms with Crippen molar-refractivity contribution in [2.24, 2.45) is 0 Å². The first-order valence-corrected chi connectivity index (χ1v) is 10.1. The van der Waals surface area contributed by atoms with Crippen LogP contribution in [0.1, 0.15) is 0 Å². The van der Waals surface area contributed by atoms with Crippen molar-refractivity contribution in [2.45, 2.75) is 4.90 Å². The third kappa shape index (κ3) is 3.66. The van der Waals surface area contributed by atoms with Crippen LogP contribution in [0.4, 0.5) is 14.5 Å². The highest BCUT2D eigenvalue weighted by Crippen LogP contribution is 2.33. The van der Waals surface area contributed by atoms with Crippen LogP contribution in [0.15, 0.2) is 71.6 Å². The minimum atomic E-state index is -3.82. The van der Waals surface area contributed by atoms with Crippen LogP contribution < -0.4 is 9.46 Å². The summed E-state index contributed by atoms with van der Waals surface area (Å²) in [6.07, 6.45) is 0. The molecule has 3 aromatic carbocycles. The van der Waals surface area contributed by atoms with E-state index < -0.39 is 21.7 Å². The van der Waals surface area contributed by atoms with Crippen LogP contribution in [0.25, 0.3) is 22.2 Å². The number of rotatable bonds is 5. The fourth-order valence-corrected chi connectivity index (χ4v) is 4.12. The molecule has 0 unspecified atom stereocenters. The molecule has 0 aliphatic carbocycles. The molecule has 8 heteroatoms. The Balaban J connectivity index is 1.76. The molecule has 0 saturated carbocycles. The van der Waals surface area contributed by atoms with Crippen LogP contribution >= 0.6 is 0 Å². The number of fused-ring (bicyclic) bond motifs is 1. The van der Waals surface area contributed by atoms with Gasteiger partial charge >= 0.3 is 0 Å². The first-order valence-electron chi connectivity index (χ1n) is 8.61. The van der Waals surface area contributed by atoms with Crippen LogP contribution in [0.2, 0.25) is 0 Å². The molecule has 5 nitrogen and oxygen atoms in total. The predicted molar refractivity (Wildman–Crippen MR) is 107 cm³/mol. The molecule has 2 N–H and O–H groups in total. The van der Waals surface area contributed by atoms with Gasteiger partial charge in [0, 0.05) is 28.2 Å². The van der Waals surface area contributed by atoms with Gasteiger partial charge in [0.2, 0.25) is 0 Å². The lowest BCUT2D eigenvalue weighted by atomic mass is 10.1. The van der Waals surface area contributed by atoms with E-state index >= 15 is 0 Å². The second kappa shape index (κ2) is 7.21. The first kappa shape index (κ1) is 18.9. The Morgan fingerprint density at radius 1 is 0.931 bits per heavy atom. The van der Waals surface area contributed by atoms with E-state index in [0.29, 0.717) is 27.9 Å². The Hall–Kier alpha value is -3.39. The quantitative estimate of drug-likeness (QED) is 0.487. The van der Waals surface area contributed by atoms with Crippen molar-refractivity contribution >= 4 is 26.6 Å². The predicted octanol–water partition coefficient (Wildman–Crippen LogP) is 4.92. The number of nitrogens with one attached hydrogen (secondary N) is 2. The Morgan fingerprint density at radius 3 is 2.38 bits per heavy atom. The van der Waals surface area contributed by atoms with Crippen molar-refractivity contribution in [3.05, 3.63) is 78.4 Å². The Morgan fingerprint density at radius 2 is 1.66 bits per heavy atom. The van der Waals surface area contributed by atoms with E-state index in [9.17, 15) is 17.2 Å². The highest BCUT2D eigenvalue weighted by molar-refractivity contribution is 7.92. The molecule has 148 valence electrons. The van der Waals surface area contributed by atoms with Crippen LogP contribution in [0, 0.1) is 11.6 Å². The molecule has 0 radical (unpaired) electrons. The number of methoxy groups -OCH3 is 1. The summed E-state index contributed by atoms with van der Waals surface area (Å²) in [6.45, 7) is 0. The molecule has 4 aromatic rings. The summed E-state index contributed by atoms with van der Waals surface area (Å²) in [4.78, 5) is 3.13. The average molecular weight is 414 g/mol. The van der Waals surface area contributed by atoms with Gasteiger partial charge in [-0.25, -0.2) is 17.2 Å². The van der Waals surface area contributed by atoms with Gasteiger partial charge in [-0.2, -0.15) is 0 Å². The van der Waals surface area contributed by atoms with Gasteiger partial charge in [-0.05, 0) is 42.5 Å². The summed E-state index contributed by atoms with van der Waals surface area (Å²) in [5.74, 6) is -1.55. The smallest absolute Gasteiger partial charge is 0.262 e. The minimum absolute atomic E-state index is 0.115. The number of sulfonamides is 1. The van der Waals surface area contributed by atoms with Crippen molar-refractivity contribution in [2.75, 3.05) is 11.8 Å². The van der Waals surface area contributed by atoms with Crippen LogP contribution in [-0.2, 0) is 10.0 Å². The molecule has 0 aliphatic rings. The van der Waals surface area contributed by atoms with Crippen LogP contribution in [0.3, 0.4) is 0 Å². The number of aromatic nitrogens is 1. The second-order valence-electron chi connectivity index (χ2n) is 6.37. The van der Waals surface area contributed by atoms with Gasteiger partial charge in [0.05, 0.1) is 17.7 Å². The van der Waals surface area contributed by atoms with Crippen molar-refractivity contribution in [3.63, 3.8) is 0 Å². The van der Waals surface area contributed by atoms with E-state index in [1.165, 1.54) is 19.2 Å².